The fourth-order valence-corrected chi connectivity index (χ4v) is 2.09. The molecule has 0 aliphatic rings. The zero-order valence-corrected chi connectivity index (χ0v) is 11.2. The maximum absolute atomic E-state index is 11.3. The number of carbonyl (C=O) groups is 1. The minimum absolute atomic E-state index is 0.147. The summed E-state index contributed by atoms with van der Waals surface area (Å²) in [5, 5.41) is 2.73. The van der Waals surface area contributed by atoms with Crippen molar-refractivity contribution in [3.05, 3.63) is 55.1 Å². The first kappa shape index (κ1) is 12.9. The predicted octanol–water partition coefficient (Wildman–Crippen LogP) is 3.20. The number of amides is 1. The van der Waals surface area contributed by atoms with Gasteiger partial charge in [-0.25, -0.2) is 0 Å². The Kier molecular flexibility index (Phi) is 3.16. The van der Waals surface area contributed by atoms with Crippen LogP contribution in [0.3, 0.4) is 0 Å². The van der Waals surface area contributed by atoms with E-state index >= 15 is 0 Å². The number of nitrogen functional groups attached to an aromatic ring is 1. The molecule has 1 heterocycles. The van der Waals surface area contributed by atoms with Crippen molar-refractivity contribution >= 4 is 28.7 Å². The Hall–Kier alpha value is -3.08. The van der Waals surface area contributed by atoms with Gasteiger partial charge in [-0.05, 0) is 41.5 Å². The van der Waals surface area contributed by atoms with Gasteiger partial charge >= 0.3 is 0 Å². The molecule has 3 N–H and O–H groups in total. The van der Waals surface area contributed by atoms with Gasteiger partial charge in [-0.2, -0.15) is 4.98 Å². The number of nitrogens with one attached hydrogen (secondary N) is 1. The third-order valence-corrected chi connectivity index (χ3v) is 3.05. The highest BCUT2D eigenvalue weighted by molar-refractivity contribution is 5.99. The number of carbonyl (C=O) groups excluding carboxylic acids is 1. The molecule has 5 heteroatoms. The van der Waals surface area contributed by atoms with E-state index in [9.17, 15) is 4.79 Å². The van der Waals surface area contributed by atoms with Crippen LogP contribution in [0.1, 0.15) is 0 Å². The summed E-state index contributed by atoms with van der Waals surface area (Å²) in [7, 11) is 0. The summed E-state index contributed by atoms with van der Waals surface area (Å²) in [6.45, 7) is 3.43. The SMILES string of the molecule is C=CC(=O)Nc1cccc(-c2ccc3oc(N)nc3c2)c1. The van der Waals surface area contributed by atoms with Crippen LogP contribution in [0.2, 0.25) is 0 Å². The van der Waals surface area contributed by atoms with Gasteiger partial charge in [-0.3, -0.25) is 4.79 Å². The van der Waals surface area contributed by atoms with Crippen LogP contribution in [0.25, 0.3) is 22.2 Å². The molecule has 0 saturated heterocycles. The quantitative estimate of drug-likeness (QED) is 0.721. The van der Waals surface area contributed by atoms with Crippen LogP contribution in [0.5, 0.6) is 0 Å². The molecule has 0 bridgehead atoms. The molecule has 3 rings (SSSR count). The van der Waals surface area contributed by atoms with E-state index in [1.165, 1.54) is 6.08 Å². The number of rotatable bonds is 3. The zero-order chi connectivity index (χ0) is 14.8. The van der Waals surface area contributed by atoms with Crippen molar-refractivity contribution < 1.29 is 9.21 Å². The van der Waals surface area contributed by atoms with Gasteiger partial charge in [0, 0.05) is 5.69 Å². The molecule has 1 amide bonds. The highest BCUT2D eigenvalue weighted by Crippen LogP contribution is 2.27. The number of anilines is 2. The number of hydrogen-bond donors (Lipinski definition) is 2. The lowest BCUT2D eigenvalue weighted by atomic mass is 10.0. The second-order valence-corrected chi connectivity index (χ2v) is 4.51. The first-order valence-corrected chi connectivity index (χ1v) is 6.35. The number of oxazole rings is 1. The maximum atomic E-state index is 11.3. The molecular formula is C16H13N3O2. The van der Waals surface area contributed by atoms with Crippen LogP contribution in [0, 0.1) is 0 Å². The van der Waals surface area contributed by atoms with E-state index < -0.39 is 0 Å². The van der Waals surface area contributed by atoms with Crippen LogP contribution < -0.4 is 11.1 Å². The van der Waals surface area contributed by atoms with Crippen LogP contribution in [0.4, 0.5) is 11.7 Å². The van der Waals surface area contributed by atoms with E-state index in [4.69, 9.17) is 10.2 Å². The summed E-state index contributed by atoms with van der Waals surface area (Å²) in [5.41, 5.74) is 9.51. The summed E-state index contributed by atoms with van der Waals surface area (Å²) in [6, 6.07) is 13.3. The molecule has 0 atom stereocenters. The lowest BCUT2D eigenvalue weighted by molar-refractivity contribution is -0.111. The van der Waals surface area contributed by atoms with Gasteiger partial charge in [0.1, 0.15) is 5.52 Å². The molecule has 0 fully saturated rings. The first-order chi connectivity index (χ1) is 10.2. The lowest BCUT2D eigenvalue weighted by Crippen LogP contribution is -2.06. The van der Waals surface area contributed by atoms with E-state index in [2.05, 4.69) is 16.9 Å². The summed E-state index contributed by atoms with van der Waals surface area (Å²) >= 11 is 0. The summed E-state index contributed by atoms with van der Waals surface area (Å²) in [6.07, 6.45) is 1.23. The molecule has 2 aromatic carbocycles. The molecule has 104 valence electrons. The largest absolute Gasteiger partial charge is 0.424 e. The molecule has 0 unspecified atom stereocenters. The van der Waals surface area contributed by atoms with Crippen molar-refractivity contribution in [3.8, 4) is 11.1 Å². The Bertz CT molecular complexity index is 836. The predicted molar refractivity (Wildman–Crippen MR) is 82.7 cm³/mol. The zero-order valence-electron chi connectivity index (χ0n) is 11.2. The Morgan fingerprint density at radius 1 is 1.24 bits per heavy atom. The minimum atomic E-state index is -0.244. The van der Waals surface area contributed by atoms with Crippen molar-refractivity contribution in [2.24, 2.45) is 0 Å². The van der Waals surface area contributed by atoms with E-state index in [1.807, 2.05) is 42.5 Å². The topological polar surface area (TPSA) is 81.2 Å². The monoisotopic (exact) mass is 279 g/mol. The molecule has 5 nitrogen and oxygen atoms in total. The van der Waals surface area contributed by atoms with Gasteiger partial charge in [0.15, 0.2) is 5.58 Å². The molecular weight excluding hydrogens is 266 g/mol. The lowest BCUT2D eigenvalue weighted by Gasteiger charge is -2.06. The molecule has 0 spiro atoms. The van der Waals surface area contributed by atoms with Crippen molar-refractivity contribution in [1.82, 2.24) is 4.98 Å². The fourth-order valence-electron chi connectivity index (χ4n) is 2.09. The summed E-state index contributed by atoms with van der Waals surface area (Å²) in [4.78, 5) is 15.5. The highest BCUT2D eigenvalue weighted by Gasteiger charge is 2.06. The van der Waals surface area contributed by atoms with Crippen molar-refractivity contribution in [2.75, 3.05) is 11.1 Å². The number of hydrogen-bond acceptors (Lipinski definition) is 4. The number of aromatic nitrogens is 1. The molecule has 3 aromatic rings. The molecule has 21 heavy (non-hydrogen) atoms. The molecule has 0 radical (unpaired) electrons. The second kappa shape index (κ2) is 5.13. The second-order valence-electron chi connectivity index (χ2n) is 4.51. The normalized spacial score (nSPS) is 10.5. The third kappa shape index (κ3) is 2.62. The smallest absolute Gasteiger partial charge is 0.292 e. The Labute approximate surface area is 121 Å². The Morgan fingerprint density at radius 2 is 2.05 bits per heavy atom. The number of fused-ring (bicyclic) bond motifs is 1. The van der Waals surface area contributed by atoms with Gasteiger partial charge in [0.25, 0.3) is 6.01 Å². The average molecular weight is 279 g/mol. The average Bonchev–Trinajstić information content (AvgIpc) is 2.86. The van der Waals surface area contributed by atoms with Gasteiger partial charge in [0.05, 0.1) is 0 Å². The van der Waals surface area contributed by atoms with Crippen LogP contribution in [0.15, 0.2) is 59.5 Å². The van der Waals surface area contributed by atoms with Gasteiger partial charge in [-0.15, -0.1) is 0 Å². The van der Waals surface area contributed by atoms with Gasteiger partial charge in [0.2, 0.25) is 5.91 Å². The van der Waals surface area contributed by atoms with Crippen molar-refractivity contribution in [1.29, 1.82) is 0 Å². The number of nitrogens with two attached hydrogens (primary N) is 1. The van der Waals surface area contributed by atoms with Crippen LogP contribution in [-0.2, 0) is 4.79 Å². The Morgan fingerprint density at radius 3 is 2.86 bits per heavy atom. The summed E-state index contributed by atoms with van der Waals surface area (Å²) < 4.78 is 5.25. The van der Waals surface area contributed by atoms with Crippen LogP contribution in [-0.4, -0.2) is 10.9 Å². The standard InChI is InChI=1S/C16H13N3O2/c1-2-15(20)18-12-5-3-4-10(8-12)11-6-7-14-13(9-11)19-16(17)21-14/h2-9H,1H2,(H2,17,19)(H,18,20). The first-order valence-electron chi connectivity index (χ1n) is 6.35. The van der Waals surface area contributed by atoms with Gasteiger partial charge < -0.3 is 15.5 Å². The Balaban J connectivity index is 1.99. The fraction of sp³-hybridized carbons (Fsp3) is 0. The number of benzene rings is 2. The van der Waals surface area contributed by atoms with Gasteiger partial charge in [-0.1, -0.05) is 24.8 Å². The van der Waals surface area contributed by atoms with Crippen molar-refractivity contribution in [3.63, 3.8) is 0 Å². The number of nitrogens with zero attached hydrogens (tertiary/aromatic N) is 1. The minimum Gasteiger partial charge on any atom is -0.424 e. The summed E-state index contributed by atoms with van der Waals surface area (Å²) in [5.74, 6) is -0.244. The maximum Gasteiger partial charge on any atom is 0.292 e. The van der Waals surface area contributed by atoms with Crippen molar-refractivity contribution in [2.45, 2.75) is 0 Å². The molecule has 0 aliphatic heterocycles. The third-order valence-electron chi connectivity index (χ3n) is 3.05. The molecule has 0 saturated carbocycles. The van der Waals surface area contributed by atoms with E-state index in [0.29, 0.717) is 16.8 Å². The van der Waals surface area contributed by atoms with Crippen LogP contribution >= 0.6 is 0 Å². The highest BCUT2D eigenvalue weighted by atomic mass is 16.4. The van der Waals surface area contributed by atoms with E-state index in [0.717, 1.165) is 11.1 Å². The van der Waals surface area contributed by atoms with E-state index in [-0.39, 0.29) is 11.9 Å². The van der Waals surface area contributed by atoms with E-state index in [1.54, 1.807) is 0 Å². The molecule has 1 aromatic heterocycles. The molecule has 0 aliphatic carbocycles.